The van der Waals surface area contributed by atoms with Crippen molar-refractivity contribution in [2.75, 3.05) is 0 Å². The molecule has 0 bridgehead atoms. The van der Waals surface area contributed by atoms with Gasteiger partial charge >= 0.3 is 0 Å². The van der Waals surface area contributed by atoms with Gasteiger partial charge in [-0.3, -0.25) is 0 Å². The average molecular weight is 301 g/mol. The van der Waals surface area contributed by atoms with E-state index < -0.39 is 0 Å². The first-order valence-electron chi connectivity index (χ1n) is 6.20. The van der Waals surface area contributed by atoms with Gasteiger partial charge < -0.3 is 4.74 Å². The molecule has 0 amide bonds. The topological polar surface area (TPSA) is 9.23 Å². The molecule has 1 saturated carbocycles. The van der Waals surface area contributed by atoms with Crippen molar-refractivity contribution in [1.29, 1.82) is 0 Å². The second kappa shape index (κ2) is 5.96. The Labute approximate surface area is 110 Å². The number of halogens is 2. The van der Waals surface area contributed by atoms with Gasteiger partial charge in [-0.05, 0) is 49.3 Å². The molecule has 0 radical (unpaired) electrons. The summed E-state index contributed by atoms with van der Waals surface area (Å²) in [5.74, 6) is 0.625. The Bertz CT molecular complexity index is 372. The number of rotatable bonds is 3. The van der Waals surface area contributed by atoms with Crippen molar-refractivity contribution in [2.45, 2.75) is 45.3 Å². The maximum absolute atomic E-state index is 12.9. The average Bonchev–Trinajstić information content (AvgIpc) is 2.30. The molecule has 0 aliphatic heterocycles. The molecular formula is C14H18BrFO. The predicted octanol–water partition coefficient (Wildman–Crippen LogP) is 4.68. The van der Waals surface area contributed by atoms with Crippen LogP contribution in [0.4, 0.5) is 4.39 Å². The van der Waals surface area contributed by atoms with Crippen molar-refractivity contribution in [2.24, 2.45) is 5.92 Å². The van der Waals surface area contributed by atoms with Gasteiger partial charge in [0.05, 0.1) is 12.7 Å². The van der Waals surface area contributed by atoms with E-state index in [-0.39, 0.29) is 5.82 Å². The molecule has 0 saturated heterocycles. The SMILES string of the molecule is CC1CCC(OCc2ccc(F)cc2Br)CC1. The summed E-state index contributed by atoms with van der Waals surface area (Å²) in [4.78, 5) is 0. The highest BCUT2D eigenvalue weighted by molar-refractivity contribution is 9.10. The van der Waals surface area contributed by atoms with E-state index in [1.54, 1.807) is 6.07 Å². The summed E-state index contributed by atoms with van der Waals surface area (Å²) in [6.07, 6.45) is 5.20. The Morgan fingerprint density at radius 1 is 1.29 bits per heavy atom. The lowest BCUT2D eigenvalue weighted by atomic mass is 9.89. The Morgan fingerprint density at radius 2 is 2.00 bits per heavy atom. The number of hydrogen-bond acceptors (Lipinski definition) is 1. The zero-order chi connectivity index (χ0) is 12.3. The van der Waals surface area contributed by atoms with Crippen molar-refractivity contribution in [3.63, 3.8) is 0 Å². The van der Waals surface area contributed by atoms with Gasteiger partial charge in [-0.25, -0.2) is 4.39 Å². The van der Waals surface area contributed by atoms with E-state index in [0.717, 1.165) is 28.8 Å². The fraction of sp³-hybridized carbons (Fsp3) is 0.571. The highest BCUT2D eigenvalue weighted by atomic mass is 79.9. The molecule has 0 aromatic heterocycles. The largest absolute Gasteiger partial charge is 0.374 e. The van der Waals surface area contributed by atoms with Crippen LogP contribution in [-0.4, -0.2) is 6.10 Å². The fourth-order valence-electron chi connectivity index (χ4n) is 2.24. The van der Waals surface area contributed by atoms with Crippen LogP contribution in [0.1, 0.15) is 38.2 Å². The molecule has 94 valence electrons. The molecule has 0 unspecified atom stereocenters. The third kappa shape index (κ3) is 3.78. The van der Waals surface area contributed by atoms with E-state index >= 15 is 0 Å². The molecule has 0 heterocycles. The summed E-state index contributed by atoms with van der Waals surface area (Å²) < 4.78 is 19.6. The van der Waals surface area contributed by atoms with Crippen LogP contribution in [0.15, 0.2) is 22.7 Å². The molecule has 1 aromatic carbocycles. The lowest BCUT2D eigenvalue weighted by Crippen LogP contribution is -2.20. The lowest BCUT2D eigenvalue weighted by Gasteiger charge is -2.26. The van der Waals surface area contributed by atoms with E-state index in [0.29, 0.717) is 12.7 Å². The quantitative estimate of drug-likeness (QED) is 0.787. The lowest BCUT2D eigenvalue weighted by molar-refractivity contribution is 0.00851. The van der Waals surface area contributed by atoms with E-state index in [1.165, 1.54) is 25.0 Å². The van der Waals surface area contributed by atoms with Crippen LogP contribution in [0.5, 0.6) is 0 Å². The third-order valence-corrected chi connectivity index (χ3v) is 4.19. The molecule has 3 heteroatoms. The van der Waals surface area contributed by atoms with Crippen molar-refractivity contribution in [1.82, 2.24) is 0 Å². The van der Waals surface area contributed by atoms with E-state index in [4.69, 9.17) is 4.74 Å². The standard InChI is InChI=1S/C14H18BrFO/c1-10-2-6-13(7-3-10)17-9-11-4-5-12(16)8-14(11)15/h4-5,8,10,13H,2-3,6-7,9H2,1H3. The first-order valence-corrected chi connectivity index (χ1v) is 7.00. The minimum atomic E-state index is -0.216. The van der Waals surface area contributed by atoms with Crippen LogP contribution < -0.4 is 0 Å². The van der Waals surface area contributed by atoms with Crippen LogP contribution in [0.3, 0.4) is 0 Å². The van der Waals surface area contributed by atoms with Crippen molar-refractivity contribution in [3.8, 4) is 0 Å². The van der Waals surface area contributed by atoms with Gasteiger partial charge in [0.15, 0.2) is 0 Å². The van der Waals surface area contributed by atoms with E-state index in [1.807, 2.05) is 0 Å². The van der Waals surface area contributed by atoms with Gasteiger partial charge in [0.25, 0.3) is 0 Å². The molecule has 2 rings (SSSR count). The molecule has 1 aromatic rings. The summed E-state index contributed by atoms with van der Waals surface area (Å²) in [6, 6.07) is 4.75. The molecule has 0 atom stereocenters. The highest BCUT2D eigenvalue weighted by Gasteiger charge is 2.18. The van der Waals surface area contributed by atoms with Crippen LogP contribution >= 0.6 is 15.9 Å². The predicted molar refractivity (Wildman–Crippen MR) is 70.3 cm³/mol. The first-order chi connectivity index (χ1) is 8.15. The number of hydrogen-bond donors (Lipinski definition) is 0. The van der Waals surface area contributed by atoms with Crippen LogP contribution in [-0.2, 0) is 11.3 Å². The van der Waals surface area contributed by atoms with Gasteiger partial charge in [0.1, 0.15) is 5.82 Å². The smallest absolute Gasteiger partial charge is 0.124 e. The summed E-state index contributed by atoms with van der Waals surface area (Å²) in [5.41, 5.74) is 1.02. The Hall–Kier alpha value is -0.410. The Balaban J connectivity index is 1.85. The first kappa shape index (κ1) is 13.0. The van der Waals surface area contributed by atoms with E-state index in [2.05, 4.69) is 22.9 Å². The Morgan fingerprint density at radius 3 is 2.65 bits per heavy atom. The summed E-state index contributed by atoms with van der Waals surface area (Å²) >= 11 is 3.36. The molecule has 1 aliphatic carbocycles. The van der Waals surface area contributed by atoms with Crippen LogP contribution in [0.2, 0.25) is 0 Å². The molecule has 17 heavy (non-hydrogen) atoms. The normalized spacial score (nSPS) is 24.9. The molecule has 1 fully saturated rings. The minimum Gasteiger partial charge on any atom is -0.374 e. The van der Waals surface area contributed by atoms with Crippen molar-refractivity contribution in [3.05, 3.63) is 34.1 Å². The zero-order valence-corrected chi connectivity index (χ0v) is 11.7. The number of ether oxygens (including phenoxy) is 1. The van der Waals surface area contributed by atoms with Gasteiger partial charge in [-0.15, -0.1) is 0 Å². The van der Waals surface area contributed by atoms with Crippen molar-refractivity contribution < 1.29 is 9.13 Å². The second-order valence-corrected chi connectivity index (χ2v) is 5.78. The fourth-order valence-corrected chi connectivity index (χ4v) is 2.71. The maximum atomic E-state index is 12.9. The Kier molecular flexibility index (Phi) is 4.57. The second-order valence-electron chi connectivity index (χ2n) is 4.93. The highest BCUT2D eigenvalue weighted by Crippen LogP contribution is 2.27. The summed E-state index contributed by atoms with van der Waals surface area (Å²) in [6.45, 7) is 2.87. The molecule has 0 N–H and O–H groups in total. The van der Waals surface area contributed by atoms with Gasteiger partial charge in [0, 0.05) is 4.47 Å². The molecule has 0 spiro atoms. The minimum absolute atomic E-state index is 0.216. The van der Waals surface area contributed by atoms with E-state index in [9.17, 15) is 4.39 Å². The van der Waals surface area contributed by atoms with Gasteiger partial charge in [-0.1, -0.05) is 28.9 Å². The van der Waals surface area contributed by atoms with Crippen LogP contribution in [0.25, 0.3) is 0 Å². The summed E-state index contributed by atoms with van der Waals surface area (Å²) in [5, 5.41) is 0. The maximum Gasteiger partial charge on any atom is 0.124 e. The monoisotopic (exact) mass is 300 g/mol. The molecular weight excluding hydrogens is 283 g/mol. The molecule has 1 aliphatic rings. The third-order valence-electron chi connectivity index (χ3n) is 3.45. The molecule has 1 nitrogen and oxygen atoms in total. The van der Waals surface area contributed by atoms with Crippen LogP contribution in [0, 0.1) is 11.7 Å². The zero-order valence-electron chi connectivity index (χ0n) is 10.1. The van der Waals surface area contributed by atoms with Gasteiger partial charge in [0.2, 0.25) is 0 Å². The van der Waals surface area contributed by atoms with Crippen molar-refractivity contribution >= 4 is 15.9 Å². The summed E-state index contributed by atoms with van der Waals surface area (Å²) in [7, 11) is 0. The van der Waals surface area contributed by atoms with Gasteiger partial charge in [-0.2, -0.15) is 0 Å². The number of benzene rings is 1.